The monoisotopic (exact) mass is 476 g/mol. The van der Waals surface area contributed by atoms with Crippen molar-refractivity contribution in [1.29, 1.82) is 0 Å². The Morgan fingerprint density at radius 3 is 2.79 bits per heavy atom. The minimum Gasteiger partial charge on any atom is -0.496 e. The van der Waals surface area contributed by atoms with Gasteiger partial charge in [0, 0.05) is 27.6 Å². The van der Waals surface area contributed by atoms with Gasteiger partial charge in [0.15, 0.2) is 0 Å². The summed E-state index contributed by atoms with van der Waals surface area (Å²) in [4.78, 5) is 4.63. The topological polar surface area (TPSA) is 86.8 Å². The molecule has 0 fully saturated rings. The number of methoxy groups -OCH3 is 1. The van der Waals surface area contributed by atoms with Crippen LogP contribution in [0.25, 0.3) is 10.9 Å². The highest BCUT2D eigenvalue weighted by molar-refractivity contribution is 6.31. The van der Waals surface area contributed by atoms with Crippen molar-refractivity contribution in [3.63, 3.8) is 0 Å². The number of nitrogens with two attached hydrogens (primary N) is 1. The lowest BCUT2D eigenvalue weighted by molar-refractivity contribution is 0.0502. The van der Waals surface area contributed by atoms with Gasteiger partial charge in [-0.15, -0.1) is 0 Å². The molecule has 3 aromatic carbocycles. The zero-order valence-corrected chi connectivity index (χ0v) is 19.5. The number of benzene rings is 3. The smallest absolute Gasteiger partial charge is 0.130 e. The van der Waals surface area contributed by atoms with Crippen LogP contribution in [-0.4, -0.2) is 23.8 Å². The predicted molar refractivity (Wildman–Crippen MR) is 133 cm³/mol. The van der Waals surface area contributed by atoms with Crippen molar-refractivity contribution in [1.82, 2.24) is 4.98 Å². The normalized spacial score (nSPS) is 17.1. The van der Waals surface area contributed by atoms with Gasteiger partial charge in [-0.3, -0.25) is 0 Å². The Balaban J connectivity index is 1.32. The first kappa shape index (κ1) is 22.3. The molecule has 0 amide bonds. The van der Waals surface area contributed by atoms with Gasteiger partial charge in [0.1, 0.15) is 23.9 Å². The zero-order chi connectivity index (χ0) is 23.7. The second kappa shape index (κ2) is 9.41. The number of anilines is 1. The fraction of sp³-hybridized carbons (Fsp3) is 0.222. The molecule has 2 atom stereocenters. The number of hydrogen-bond acceptors (Lipinski definition) is 6. The molecule has 34 heavy (non-hydrogen) atoms. The average molecular weight is 477 g/mol. The molecule has 7 heteroatoms. The van der Waals surface area contributed by atoms with Gasteiger partial charge in [-0.2, -0.15) is 0 Å². The molecule has 0 saturated heterocycles. The van der Waals surface area contributed by atoms with Crippen LogP contribution in [0.3, 0.4) is 0 Å². The van der Waals surface area contributed by atoms with E-state index in [2.05, 4.69) is 4.98 Å². The first-order chi connectivity index (χ1) is 16.5. The van der Waals surface area contributed by atoms with Gasteiger partial charge < -0.3 is 25.1 Å². The third-order valence-corrected chi connectivity index (χ3v) is 6.32. The fourth-order valence-corrected chi connectivity index (χ4v) is 4.47. The van der Waals surface area contributed by atoms with Gasteiger partial charge in [0.2, 0.25) is 0 Å². The van der Waals surface area contributed by atoms with Crippen LogP contribution in [0, 0.1) is 5.92 Å². The molecule has 6 nitrogen and oxygen atoms in total. The van der Waals surface area contributed by atoms with E-state index in [1.807, 2.05) is 60.7 Å². The van der Waals surface area contributed by atoms with Crippen molar-refractivity contribution >= 4 is 28.2 Å². The summed E-state index contributed by atoms with van der Waals surface area (Å²) in [6, 6.07) is 20.6. The summed E-state index contributed by atoms with van der Waals surface area (Å²) < 4.78 is 17.4. The standard InChI is InChI=1S/C27H25ClN2O4/c1-32-25-8-5-20(29)11-17(25)10-18-14-34-26-9-7-22(13-23(26)27(18)31)33-15-21-6-3-16-2-4-19(28)12-24(16)30-21/h2-9,11-13,18,27,31H,10,14-15,29H2,1H3/t18-,27-/m0/s1. The Bertz CT molecular complexity index is 1340. The molecule has 0 radical (unpaired) electrons. The van der Waals surface area contributed by atoms with Crippen molar-refractivity contribution < 1.29 is 19.3 Å². The average Bonchev–Trinajstić information content (AvgIpc) is 2.84. The molecule has 0 spiro atoms. The molecule has 0 aliphatic carbocycles. The van der Waals surface area contributed by atoms with Gasteiger partial charge in [-0.25, -0.2) is 4.98 Å². The molecule has 1 aromatic heterocycles. The van der Waals surface area contributed by atoms with E-state index in [1.54, 1.807) is 13.2 Å². The lowest BCUT2D eigenvalue weighted by Gasteiger charge is -2.31. The third-order valence-electron chi connectivity index (χ3n) is 6.08. The summed E-state index contributed by atoms with van der Waals surface area (Å²) in [5.74, 6) is 1.89. The Hall–Kier alpha value is -3.48. The molecule has 0 saturated carbocycles. The Morgan fingerprint density at radius 2 is 1.94 bits per heavy atom. The summed E-state index contributed by atoms with van der Waals surface area (Å²) in [5.41, 5.74) is 9.87. The number of rotatable bonds is 6. The fourth-order valence-electron chi connectivity index (χ4n) is 4.30. The summed E-state index contributed by atoms with van der Waals surface area (Å²) in [5, 5.41) is 12.8. The van der Waals surface area contributed by atoms with Crippen molar-refractivity contribution in [2.75, 3.05) is 19.5 Å². The molecule has 4 aromatic rings. The van der Waals surface area contributed by atoms with E-state index in [9.17, 15) is 5.11 Å². The number of fused-ring (bicyclic) bond motifs is 2. The molecule has 174 valence electrons. The van der Waals surface area contributed by atoms with Crippen molar-refractivity contribution in [3.8, 4) is 17.2 Å². The van der Waals surface area contributed by atoms with Crippen LogP contribution in [0.2, 0.25) is 5.02 Å². The molecule has 2 heterocycles. The largest absolute Gasteiger partial charge is 0.496 e. The minimum atomic E-state index is -0.709. The van der Waals surface area contributed by atoms with Gasteiger partial charge >= 0.3 is 0 Å². The zero-order valence-electron chi connectivity index (χ0n) is 18.7. The highest BCUT2D eigenvalue weighted by atomic mass is 35.5. The van der Waals surface area contributed by atoms with Crippen molar-refractivity contribution in [2.24, 2.45) is 5.92 Å². The molecule has 5 rings (SSSR count). The number of hydrogen-bond donors (Lipinski definition) is 2. The van der Waals surface area contributed by atoms with Gasteiger partial charge in [-0.1, -0.05) is 23.7 Å². The molecule has 3 N–H and O–H groups in total. The van der Waals surface area contributed by atoms with Crippen LogP contribution in [0.4, 0.5) is 5.69 Å². The number of pyridine rings is 1. The van der Waals surface area contributed by atoms with Crippen LogP contribution >= 0.6 is 11.6 Å². The molecular weight excluding hydrogens is 452 g/mol. The van der Waals surface area contributed by atoms with Gasteiger partial charge in [-0.05, 0) is 66.6 Å². The third kappa shape index (κ3) is 4.60. The number of aliphatic hydroxyl groups excluding tert-OH is 1. The van der Waals surface area contributed by atoms with E-state index in [1.165, 1.54) is 0 Å². The second-order valence-corrected chi connectivity index (χ2v) is 8.86. The lowest BCUT2D eigenvalue weighted by Crippen LogP contribution is -2.27. The van der Waals surface area contributed by atoms with E-state index < -0.39 is 6.10 Å². The molecule has 0 bridgehead atoms. The number of aromatic nitrogens is 1. The van der Waals surface area contributed by atoms with Crippen LogP contribution in [0.1, 0.15) is 22.9 Å². The van der Waals surface area contributed by atoms with Crippen LogP contribution in [0.15, 0.2) is 66.7 Å². The number of nitrogen functional groups attached to an aromatic ring is 1. The summed E-state index contributed by atoms with van der Waals surface area (Å²) in [6.07, 6.45) is -0.136. The number of ether oxygens (including phenoxy) is 3. The molecule has 1 aliphatic heterocycles. The van der Waals surface area contributed by atoms with Crippen LogP contribution < -0.4 is 19.9 Å². The second-order valence-electron chi connectivity index (χ2n) is 8.42. The Labute approximate surface area is 202 Å². The SMILES string of the molecule is COc1ccc(N)cc1C[C@H]1COc2ccc(OCc3ccc4ccc(Cl)cc4n3)cc2[C@H]1O. The predicted octanol–water partition coefficient (Wildman–Crippen LogP) is 5.34. The quantitative estimate of drug-likeness (QED) is 0.365. The van der Waals surface area contributed by atoms with Crippen LogP contribution in [-0.2, 0) is 13.0 Å². The van der Waals surface area contributed by atoms with Crippen LogP contribution in [0.5, 0.6) is 17.2 Å². The maximum absolute atomic E-state index is 11.1. The summed E-state index contributed by atoms with van der Waals surface area (Å²) in [7, 11) is 1.63. The van der Waals surface area contributed by atoms with Crippen molar-refractivity contribution in [2.45, 2.75) is 19.1 Å². The van der Waals surface area contributed by atoms with E-state index in [0.717, 1.165) is 27.9 Å². The molecule has 1 aliphatic rings. The van der Waals surface area contributed by atoms with E-state index in [0.29, 0.717) is 47.4 Å². The highest BCUT2D eigenvalue weighted by Gasteiger charge is 2.30. The lowest BCUT2D eigenvalue weighted by atomic mass is 9.87. The van der Waals surface area contributed by atoms with Gasteiger partial charge in [0.05, 0.1) is 31.0 Å². The number of halogens is 1. The Morgan fingerprint density at radius 1 is 1.09 bits per heavy atom. The highest BCUT2D eigenvalue weighted by Crippen LogP contribution is 2.40. The maximum Gasteiger partial charge on any atom is 0.130 e. The summed E-state index contributed by atoms with van der Waals surface area (Å²) >= 11 is 6.09. The molecule has 0 unspecified atom stereocenters. The summed E-state index contributed by atoms with van der Waals surface area (Å²) in [6.45, 7) is 0.692. The number of nitrogens with zero attached hydrogens (tertiary/aromatic N) is 1. The van der Waals surface area contributed by atoms with E-state index in [-0.39, 0.29) is 5.92 Å². The first-order valence-electron chi connectivity index (χ1n) is 11.1. The van der Waals surface area contributed by atoms with Crippen molar-refractivity contribution in [3.05, 3.63) is 88.6 Å². The first-order valence-corrected chi connectivity index (χ1v) is 11.4. The van der Waals surface area contributed by atoms with Gasteiger partial charge in [0.25, 0.3) is 0 Å². The van der Waals surface area contributed by atoms with E-state index >= 15 is 0 Å². The maximum atomic E-state index is 11.1. The molecular formula is C27H25ClN2O4. The number of aliphatic hydroxyl groups is 1. The Kier molecular flexibility index (Phi) is 6.18. The van der Waals surface area contributed by atoms with E-state index in [4.69, 9.17) is 31.5 Å². The minimum absolute atomic E-state index is 0.148.